The Morgan fingerprint density at radius 1 is 1.14 bits per heavy atom. The molecule has 2 amide bonds. The molecule has 0 aromatic carbocycles. The maximum absolute atomic E-state index is 13.3. The second kappa shape index (κ2) is 10.6. The van der Waals surface area contributed by atoms with Crippen LogP contribution in [0.2, 0.25) is 0 Å². The zero-order valence-electron chi connectivity index (χ0n) is 20.4. The number of imidazole rings is 1. The van der Waals surface area contributed by atoms with E-state index in [9.17, 15) is 9.59 Å². The summed E-state index contributed by atoms with van der Waals surface area (Å²) in [7, 11) is 0. The van der Waals surface area contributed by atoms with Crippen molar-refractivity contribution in [3.05, 3.63) is 47.7 Å². The SMILES string of the molecule is CCn1nccc1C(=O)NC(c1cn2nc(CC3CCCNC3=O)ccc2n1)C1CCCCCC1. The third-order valence-electron chi connectivity index (χ3n) is 7.47. The van der Waals surface area contributed by atoms with E-state index >= 15 is 0 Å². The molecule has 1 saturated heterocycles. The summed E-state index contributed by atoms with van der Waals surface area (Å²) >= 11 is 0. The highest BCUT2D eigenvalue weighted by molar-refractivity contribution is 5.92. The Morgan fingerprint density at radius 2 is 1.97 bits per heavy atom. The smallest absolute Gasteiger partial charge is 0.270 e. The Morgan fingerprint density at radius 3 is 2.74 bits per heavy atom. The molecule has 2 fully saturated rings. The molecular weight excluding hydrogens is 442 g/mol. The highest BCUT2D eigenvalue weighted by Gasteiger charge is 2.29. The molecule has 4 heterocycles. The topological polar surface area (TPSA) is 106 Å². The maximum Gasteiger partial charge on any atom is 0.270 e. The molecule has 0 bridgehead atoms. The van der Waals surface area contributed by atoms with Gasteiger partial charge in [0.1, 0.15) is 5.69 Å². The van der Waals surface area contributed by atoms with Gasteiger partial charge in [-0.2, -0.15) is 10.2 Å². The van der Waals surface area contributed by atoms with E-state index in [1.165, 1.54) is 25.7 Å². The van der Waals surface area contributed by atoms with Gasteiger partial charge in [-0.25, -0.2) is 9.50 Å². The van der Waals surface area contributed by atoms with Gasteiger partial charge in [-0.15, -0.1) is 0 Å². The number of aromatic nitrogens is 5. The largest absolute Gasteiger partial charge is 0.356 e. The average Bonchev–Trinajstić information content (AvgIpc) is 3.43. The molecule has 3 aromatic rings. The van der Waals surface area contributed by atoms with E-state index in [2.05, 4.69) is 15.7 Å². The highest BCUT2D eigenvalue weighted by Crippen LogP contribution is 2.33. The van der Waals surface area contributed by atoms with Gasteiger partial charge in [0.15, 0.2) is 5.65 Å². The van der Waals surface area contributed by atoms with Crippen molar-refractivity contribution in [2.75, 3.05) is 6.54 Å². The molecule has 9 heteroatoms. The Kier molecular flexibility index (Phi) is 7.11. The average molecular weight is 478 g/mol. The summed E-state index contributed by atoms with van der Waals surface area (Å²) in [5.74, 6) is 0.299. The van der Waals surface area contributed by atoms with Gasteiger partial charge in [0.2, 0.25) is 5.91 Å². The van der Waals surface area contributed by atoms with E-state index in [0.717, 1.165) is 49.3 Å². The van der Waals surface area contributed by atoms with Crippen molar-refractivity contribution in [2.24, 2.45) is 11.8 Å². The summed E-state index contributed by atoms with van der Waals surface area (Å²) in [4.78, 5) is 30.3. The van der Waals surface area contributed by atoms with Gasteiger partial charge in [0.25, 0.3) is 5.91 Å². The predicted octanol–water partition coefficient (Wildman–Crippen LogP) is 3.46. The quantitative estimate of drug-likeness (QED) is 0.507. The minimum atomic E-state index is -0.185. The molecule has 1 saturated carbocycles. The minimum Gasteiger partial charge on any atom is -0.356 e. The van der Waals surface area contributed by atoms with Crippen LogP contribution in [0, 0.1) is 11.8 Å². The van der Waals surface area contributed by atoms with Crippen molar-refractivity contribution in [1.29, 1.82) is 0 Å². The third kappa shape index (κ3) is 5.23. The van der Waals surface area contributed by atoms with Crippen LogP contribution in [0.5, 0.6) is 0 Å². The molecule has 1 aliphatic heterocycles. The van der Waals surface area contributed by atoms with Crippen LogP contribution >= 0.6 is 0 Å². The van der Waals surface area contributed by atoms with Crippen LogP contribution in [-0.2, 0) is 17.8 Å². The summed E-state index contributed by atoms with van der Waals surface area (Å²) in [6.45, 7) is 3.39. The van der Waals surface area contributed by atoms with E-state index < -0.39 is 0 Å². The fourth-order valence-electron chi connectivity index (χ4n) is 5.55. The first-order valence-electron chi connectivity index (χ1n) is 13.1. The van der Waals surface area contributed by atoms with Gasteiger partial charge in [-0.1, -0.05) is 25.7 Å². The van der Waals surface area contributed by atoms with Crippen molar-refractivity contribution in [2.45, 2.75) is 77.3 Å². The van der Waals surface area contributed by atoms with E-state index in [-0.39, 0.29) is 23.8 Å². The number of carbonyl (C=O) groups is 2. The lowest BCUT2D eigenvalue weighted by Gasteiger charge is -2.26. The van der Waals surface area contributed by atoms with E-state index in [0.29, 0.717) is 24.6 Å². The molecule has 5 rings (SSSR count). The zero-order valence-corrected chi connectivity index (χ0v) is 20.4. The summed E-state index contributed by atoms with van der Waals surface area (Å²) < 4.78 is 3.52. The standard InChI is InChI=1S/C26H35N7O2/c1-2-32-22(13-15-28-32)26(35)30-24(18-8-5-3-4-6-9-18)21-17-33-23(29-21)12-11-20(31-33)16-19-10-7-14-27-25(19)34/h11-13,15,17-19,24H,2-10,14,16H2,1H3,(H,27,34)(H,30,35). The highest BCUT2D eigenvalue weighted by atomic mass is 16.2. The number of rotatable bonds is 7. The molecule has 2 atom stereocenters. The van der Waals surface area contributed by atoms with Gasteiger partial charge in [-0.3, -0.25) is 14.3 Å². The van der Waals surface area contributed by atoms with Gasteiger partial charge >= 0.3 is 0 Å². The Hall–Kier alpha value is -3.23. The number of aryl methyl sites for hydroxylation is 1. The first kappa shape index (κ1) is 23.5. The van der Waals surface area contributed by atoms with E-state index in [1.54, 1.807) is 21.5 Å². The minimum absolute atomic E-state index is 0.0295. The number of hydrogen-bond acceptors (Lipinski definition) is 5. The summed E-state index contributed by atoms with van der Waals surface area (Å²) in [6.07, 6.45) is 13.1. The summed E-state index contributed by atoms with van der Waals surface area (Å²) in [5.41, 5.74) is 3.04. The fraction of sp³-hybridized carbons (Fsp3) is 0.577. The number of piperidine rings is 1. The van der Waals surface area contributed by atoms with Gasteiger partial charge in [0, 0.05) is 31.6 Å². The third-order valence-corrected chi connectivity index (χ3v) is 7.47. The van der Waals surface area contributed by atoms with Crippen molar-refractivity contribution in [3.8, 4) is 0 Å². The molecule has 1 aliphatic carbocycles. The zero-order chi connectivity index (χ0) is 24.2. The monoisotopic (exact) mass is 477 g/mol. The van der Waals surface area contributed by atoms with Crippen molar-refractivity contribution in [3.63, 3.8) is 0 Å². The molecule has 0 radical (unpaired) electrons. The van der Waals surface area contributed by atoms with Crippen LogP contribution < -0.4 is 10.6 Å². The predicted molar refractivity (Wildman–Crippen MR) is 132 cm³/mol. The van der Waals surface area contributed by atoms with Crippen LogP contribution in [-0.4, -0.2) is 42.7 Å². The van der Waals surface area contributed by atoms with Gasteiger partial charge < -0.3 is 10.6 Å². The molecule has 9 nitrogen and oxygen atoms in total. The molecule has 2 unspecified atom stereocenters. The lowest BCUT2D eigenvalue weighted by atomic mass is 9.90. The first-order chi connectivity index (χ1) is 17.1. The van der Waals surface area contributed by atoms with Gasteiger partial charge in [0.05, 0.1) is 23.6 Å². The van der Waals surface area contributed by atoms with Gasteiger partial charge in [-0.05, 0) is 56.7 Å². The fourth-order valence-corrected chi connectivity index (χ4v) is 5.55. The Balaban J connectivity index is 1.41. The van der Waals surface area contributed by atoms with Crippen LogP contribution in [0.1, 0.15) is 86.2 Å². The second-order valence-corrected chi connectivity index (χ2v) is 9.86. The van der Waals surface area contributed by atoms with Crippen molar-refractivity contribution >= 4 is 17.5 Å². The lowest BCUT2D eigenvalue weighted by molar-refractivity contribution is -0.126. The number of fused-ring (bicyclic) bond motifs is 1. The second-order valence-electron chi connectivity index (χ2n) is 9.86. The number of hydrogen-bond donors (Lipinski definition) is 2. The molecular formula is C26H35N7O2. The molecule has 2 aliphatic rings. The molecule has 0 spiro atoms. The number of nitrogens with one attached hydrogen (secondary N) is 2. The lowest BCUT2D eigenvalue weighted by Crippen LogP contribution is -2.37. The Labute approximate surface area is 205 Å². The number of amides is 2. The van der Waals surface area contributed by atoms with E-state index in [4.69, 9.17) is 10.1 Å². The van der Waals surface area contributed by atoms with E-state index in [1.807, 2.05) is 25.3 Å². The maximum atomic E-state index is 13.3. The molecule has 2 N–H and O–H groups in total. The van der Waals surface area contributed by atoms with Crippen LogP contribution in [0.15, 0.2) is 30.6 Å². The Bertz CT molecular complexity index is 1180. The molecule has 3 aromatic heterocycles. The van der Waals surface area contributed by atoms with Crippen molar-refractivity contribution < 1.29 is 9.59 Å². The van der Waals surface area contributed by atoms with Crippen LogP contribution in [0.25, 0.3) is 5.65 Å². The normalized spacial score (nSPS) is 20.4. The summed E-state index contributed by atoms with van der Waals surface area (Å²) in [5, 5.41) is 15.3. The molecule has 186 valence electrons. The summed E-state index contributed by atoms with van der Waals surface area (Å²) in [6, 6.07) is 5.51. The first-order valence-corrected chi connectivity index (χ1v) is 13.1. The van der Waals surface area contributed by atoms with Crippen molar-refractivity contribution in [1.82, 2.24) is 35.0 Å². The molecule has 35 heavy (non-hydrogen) atoms. The van der Waals surface area contributed by atoms with Crippen LogP contribution in [0.3, 0.4) is 0 Å². The number of nitrogens with zero attached hydrogens (tertiary/aromatic N) is 5. The number of carbonyl (C=O) groups excluding carboxylic acids is 2. The van der Waals surface area contributed by atoms with Crippen LogP contribution in [0.4, 0.5) is 0 Å².